The molecule has 1 aromatic rings. The third-order valence-corrected chi connectivity index (χ3v) is 3.11. The molecule has 1 aromatic carbocycles. The molecule has 0 radical (unpaired) electrons. The van der Waals surface area contributed by atoms with Gasteiger partial charge < -0.3 is 10.4 Å². The van der Waals surface area contributed by atoms with Crippen molar-refractivity contribution >= 4 is 35.0 Å². The molecule has 1 saturated heterocycles. The first-order chi connectivity index (χ1) is 9.43. The van der Waals surface area contributed by atoms with Crippen LogP contribution in [-0.4, -0.2) is 32.5 Å². The first-order valence-corrected chi connectivity index (χ1v) is 6.16. The van der Waals surface area contributed by atoms with Crippen LogP contribution in [0.3, 0.4) is 0 Å². The minimum absolute atomic E-state index is 0.247. The lowest BCUT2D eigenvalue weighted by atomic mass is 10.1. The highest BCUT2D eigenvalue weighted by Crippen LogP contribution is 2.27. The lowest BCUT2D eigenvalue weighted by Crippen LogP contribution is -2.30. The molecule has 0 atom stereocenters. The summed E-state index contributed by atoms with van der Waals surface area (Å²) in [6.07, 6.45) is 1.46. The van der Waals surface area contributed by atoms with Gasteiger partial charge >= 0.3 is 5.69 Å². The van der Waals surface area contributed by atoms with E-state index in [-0.39, 0.29) is 11.6 Å². The van der Waals surface area contributed by atoms with Crippen molar-refractivity contribution in [3.05, 3.63) is 39.6 Å². The number of phenols is 1. The van der Waals surface area contributed by atoms with Gasteiger partial charge in [0.1, 0.15) is 5.70 Å². The Kier molecular flexibility index (Phi) is 3.66. The van der Waals surface area contributed by atoms with Gasteiger partial charge in [-0.3, -0.25) is 19.8 Å². The average Bonchev–Trinajstić information content (AvgIpc) is 2.66. The molecule has 0 saturated carbocycles. The van der Waals surface area contributed by atoms with Crippen molar-refractivity contribution < 1.29 is 14.8 Å². The van der Waals surface area contributed by atoms with Crippen molar-refractivity contribution in [3.63, 3.8) is 0 Å². The third kappa shape index (κ3) is 2.45. The summed E-state index contributed by atoms with van der Waals surface area (Å²) in [5.41, 5.74) is 0.252. The Labute approximate surface area is 119 Å². The summed E-state index contributed by atoms with van der Waals surface area (Å²) in [7, 11) is 0. The van der Waals surface area contributed by atoms with Crippen LogP contribution in [0.15, 0.2) is 23.9 Å². The lowest BCUT2D eigenvalue weighted by Gasteiger charge is -2.08. The SMILES string of the molecule is CCN1C(=O)C(=Cc2ccc(O)c([N+](=O)[O-])c2)NC1=S. The molecular weight excluding hydrogens is 282 g/mol. The number of phenolic OH excluding ortho intramolecular Hbond substituents is 1. The van der Waals surface area contributed by atoms with E-state index < -0.39 is 16.4 Å². The minimum Gasteiger partial charge on any atom is -0.502 e. The number of carbonyl (C=O) groups excluding carboxylic acids is 1. The van der Waals surface area contributed by atoms with E-state index >= 15 is 0 Å². The van der Waals surface area contributed by atoms with Crippen LogP contribution >= 0.6 is 12.2 Å². The van der Waals surface area contributed by atoms with E-state index in [1.165, 1.54) is 29.2 Å². The molecule has 0 bridgehead atoms. The van der Waals surface area contributed by atoms with Gasteiger partial charge in [-0.05, 0) is 36.8 Å². The fourth-order valence-corrected chi connectivity index (χ4v) is 2.12. The van der Waals surface area contributed by atoms with Crippen LogP contribution in [-0.2, 0) is 4.79 Å². The van der Waals surface area contributed by atoms with Crippen LogP contribution in [0.1, 0.15) is 12.5 Å². The molecule has 1 aliphatic rings. The van der Waals surface area contributed by atoms with Gasteiger partial charge in [-0.15, -0.1) is 0 Å². The number of amides is 1. The molecule has 2 rings (SSSR count). The Hall–Kier alpha value is -2.48. The van der Waals surface area contributed by atoms with Crippen LogP contribution in [0, 0.1) is 10.1 Å². The second-order valence-electron chi connectivity index (χ2n) is 4.04. The van der Waals surface area contributed by atoms with E-state index in [0.717, 1.165) is 0 Å². The van der Waals surface area contributed by atoms with E-state index in [2.05, 4.69) is 5.32 Å². The molecule has 1 aliphatic heterocycles. The Bertz CT molecular complexity index is 642. The van der Waals surface area contributed by atoms with Gasteiger partial charge in [0.05, 0.1) is 4.92 Å². The molecule has 7 nitrogen and oxygen atoms in total. The van der Waals surface area contributed by atoms with Crippen LogP contribution < -0.4 is 5.32 Å². The summed E-state index contributed by atoms with van der Waals surface area (Å²) in [6.45, 7) is 2.23. The van der Waals surface area contributed by atoms with Crippen molar-refractivity contribution in [2.75, 3.05) is 6.54 Å². The smallest absolute Gasteiger partial charge is 0.311 e. The molecule has 8 heteroatoms. The van der Waals surface area contributed by atoms with Crippen molar-refractivity contribution in [3.8, 4) is 5.75 Å². The number of nitro benzene ring substituents is 1. The number of likely N-dealkylation sites (N-methyl/N-ethyl adjacent to an activating group) is 1. The normalized spacial score (nSPS) is 16.6. The number of nitro groups is 1. The van der Waals surface area contributed by atoms with Gasteiger partial charge in [0, 0.05) is 12.6 Å². The van der Waals surface area contributed by atoms with Crippen LogP contribution in [0.5, 0.6) is 5.75 Å². The van der Waals surface area contributed by atoms with Gasteiger partial charge in [-0.1, -0.05) is 6.07 Å². The van der Waals surface area contributed by atoms with Crippen molar-refractivity contribution in [2.45, 2.75) is 6.92 Å². The largest absolute Gasteiger partial charge is 0.502 e. The third-order valence-electron chi connectivity index (χ3n) is 2.79. The molecule has 2 N–H and O–H groups in total. The van der Waals surface area contributed by atoms with Gasteiger partial charge in [0.15, 0.2) is 10.9 Å². The molecule has 0 aliphatic carbocycles. The van der Waals surface area contributed by atoms with E-state index in [4.69, 9.17) is 12.2 Å². The molecule has 20 heavy (non-hydrogen) atoms. The molecule has 104 valence electrons. The van der Waals surface area contributed by atoms with Gasteiger partial charge in [0.2, 0.25) is 0 Å². The molecule has 1 amide bonds. The van der Waals surface area contributed by atoms with E-state index in [1.54, 1.807) is 6.92 Å². The number of hydrogen-bond acceptors (Lipinski definition) is 5. The molecule has 0 spiro atoms. The van der Waals surface area contributed by atoms with Crippen molar-refractivity contribution in [1.82, 2.24) is 10.2 Å². The number of rotatable bonds is 3. The highest BCUT2D eigenvalue weighted by Gasteiger charge is 2.29. The predicted octanol–water partition coefficient (Wildman–Crippen LogP) is 1.38. The number of benzene rings is 1. The summed E-state index contributed by atoms with van der Waals surface area (Å²) in [6, 6.07) is 3.87. The summed E-state index contributed by atoms with van der Waals surface area (Å²) in [4.78, 5) is 23.4. The summed E-state index contributed by atoms with van der Waals surface area (Å²) in [5, 5.41) is 23.2. The zero-order chi connectivity index (χ0) is 14.9. The predicted molar refractivity (Wildman–Crippen MR) is 75.9 cm³/mol. The molecule has 0 aromatic heterocycles. The fraction of sp³-hybridized carbons (Fsp3) is 0.167. The highest BCUT2D eigenvalue weighted by molar-refractivity contribution is 7.80. The van der Waals surface area contributed by atoms with Gasteiger partial charge in [-0.2, -0.15) is 0 Å². The number of nitrogens with zero attached hydrogens (tertiary/aromatic N) is 2. The summed E-state index contributed by atoms with van der Waals surface area (Å²) < 4.78 is 0. The Morgan fingerprint density at radius 2 is 2.25 bits per heavy atom. The zero-order valence-corrected chi connectivity index (χ0v) is 11.3. The molecular formula is C12H11N3O4S. The Morgan fingerprint density at radius 1 is 1.55 bits per heavy atom. The Balaban J connectivity index is 2.37. The van der Waals surface area contributed by atoms with Crippen molar-refractivity contribution in [1.29, 1.82) is 0 Å². The topological polar surface area (TPSA) is 95.7 Å². The number of carbonyl (C=O) groups is 1. The van der Waals surface area contributed by atoms with E-state index in [1.807, 2.05) is 0 Å². The van der Waals surface area contributed by atoms with Crippen LogP contribution in [0.2, 0.25) is 0 Å². The van der Waals surface area contributed by atoms with Crippen LogP contribution in [0.25, 0.3) is 6.08 Å². The second kappa shape index (κ2) is 5.25. The maximum absolute atomic E-state index is 12.0. The first-order valence-electron chi connectivity index (χ1n) is 5.76. The molecule has 1 fully saturated rings. The number of nitrogens with one attached hydrogen (secondary N) is 1. The maximum atomic E-state index is 12.0. The monoisotopic (exact) mass is 293 g/mol. The average molecular weight is 293 g/mol. The zero-order valence-electron chi connectivity index (χ0n) is 10.5. The lowest BCUT2D eigenvalue weighted by molar-refractivity contribution is -0.385. The standard InChI is InChI=1S/C12H11N3O4S/c1-2-14-11(17)8(13-12(14)20)5-7-3-4-10(16)9(6-7)15(18)19/h3-6,16H,2H2,1H3,(H,13,20). The van der Waals surface area contributed by atoms with Crippen LogP contribution in [0.4, 0.5) is 5.69 Å². The number of aromatic hydroxyl groups is 1. The van der Waals surface area contributed by atoms with Gasteiger partial charge in [0.25, 0.3) is 5.91 Å². The van der Waals surface area contributed by atoms with Crippen molar-refractivity contribution in [2.24, 2.45) is 0 Å². The van der Waals surface area contributed by atoms with Gasteiger partial charge in [-0.25, -0.2) is 0 Å². The molecule has 0 unspecified atom stereocenters. The van der Waals surface area contributed by atoms with E-state index in [9.17, 15) is 20.0 Å². The highest BCUT2D eigenvalue weighted by atomic mass is 32.1. The van der Waals surface area contributed by atoms with E-state index in [0.29, 0.717) is 17.2 Å². The maximum Gasteiger partial charge on any atom is 0.311 e. The minimum atomic E-state index is -0.690. The first kappa shape index (κ1) is 13.9. The quantitative estimate of drug-likeness (QED) is 0.378. The number of thiocarbonyl (C=S) groups is 1. The summed E-state index contributed by atoms with van der Waals surface area (Å²) in [5.74, 6) is -0.707. The number of hydrogen-bond donors (Lipinski definition) is 2. The summed E-state index contributed by atoms with van der Waals surface area (Å²) >= 11 is 5.00. The second-order valence-corrected chi connectivity index (χ2v) is 4.43. The Morgan fingerprint density at radius 3 is 2.80 bits per heavy atom. The molecule has 1 heterocycles. The fourth-order valence-electron chi connectivity index (χ4n) is 1.80.